The second kappa shape index (κ2) is 6.97. The fourth-order valence-electron chi connectivity index (χ4n) is 1.86. The predicted octanol–water partition coefficient (Wildman–Crippen LogP) is 2.54. The molecule has 0 N–H and O–H groups in total. The molecule has 2 rings (SSSR count). The molecule has 2 aromatic heterocycles. The van der Waals surface area contributed by atoms with Gasteiger partial charge in [0, 0.05) is 17.6 Å². The SMILES string of the molecule is CCS(=O)(=O)N(CCc1cccs1)Cc1ccccn1. The van der Waals surface area contributed by atoms with Crippen LogP contribution in [0, 0.1) is 0 Å². The van der Waals surface area contributed by atoms with E-state index in [4.69, 9.17) is 0 Å². The molecule has 0 bridgehead atoms. The van der Waals surface area contributed by atoms with Crippen LogP contribution < -0.4 is 0 Å². The third-order valence-electron chi connectivity index (χ3n) is 3.01. The van der Waals surface area contributed by atoms with E-state index in [0.29, 0.717) is 13.1 Å². The van der Waals surface area contributed by atoms with Gasteiger partial charge in [0.2, 0.25) is 10.0 Å². The summed E-state index contributed by atoms with van der Waals surface area (Å²) >= 11 is 1.65. The van der Waals surface area contributed by atoms with Crippen LogP contribution in [0.15, 0.2) is 41.9 Å². The molecule has 0 aliphatic heterocycles. The monoisotopic (exact) mass is 310 g/mol. The van der Waals surface area contributed by atoms with Crippen LogP contribution in [0.25, 0.3) is 0 Å². The molecule has 6 heteroatoms. The number of aromatic nitrogens is 1. The number of hydrogen-bond donors (Lipinski definition) is 0. The number of pyridine rings is 1. The standard InChI is InChI=1S/C14H18N2O2S2/c1-2-20(17,18)16(10-8-14-7-5-11-19-14)12-13-6-3-4-9-15-13/h3-7,9,11H,2,8,10,12H2,1H3. The molecule has 0 saturated heterocycles. The van der Waals surface area contributed by atoms with E-state index in [9.17, 15) is 8.42 Å². The lowest BCUT2D eigenvalue weighted by Crippen LogP contribution is -2.33. The van der Waals surface area contributed by atoms with Crippen LogP contribution in [0.4, 0.5) is 0 Å². The molecule has 0 atom stereocenters. The summed E-state index contributed by atoms with van der Waals surface area (Å²) in [6.07, 6.45) is 2.43. The first-order chi connectivity index (χ1) is 9.62. The van der Waals surface area contributed by atoms with Crippen LogP contribution in [0.2, 0.25) is 0 Å². The number of hydrogen-bond acceptors (Lipinski definition) is 4. The van der Waals surface area contributed by atoms with Crippen molar-refractivity contribution in [2.45, 2.75) is 19.9 Å². The molecule has 0 saturated carbocycles. The second-order valence-electron chi connectivity index (χ2n) is 4.38. The van der Waals surface area contributed by atoms with Gasteiger partial charge in [-0.05, 0) is 36.9 Å². The quantitative estimate of drug-likeness (QED) is 0.789. The zero-order chi connectivity index (χ0) is 14.4. The molecule has 108 valence electrons. The van der Waals surface area contributed by atoms with Gasteiger partial charge in [-0.2, -0.15) is 4.31 Å². The minimum atomic E-state index is -3.21. The van der Waals surface area contributed by atoms with Crippen molar-refractivity contribution in [3.63, 3.8) is 0 Å². The maximum atomic E-state index is 12.2. The Hall–Kier alpha value is -1.24. The Morgan fingerprint density at radius 3 is 2.70 bits per heavy atom. The van der Waals surface area contributed by atoms with E-state index in [2.05, 4.69) is 4.98 Å². The van der Waals surface area contributed by atoms with Gasteiger partial charge in [-0.3, -0.25) is 4.98 Å². The molecular formula is C14H18N2O2S2. The highest BCUT2D eigenvalue weighted by atomic mass is 32.2. The van der Waals surface area contributed by atoms with E-state index in [1.54, 1.807) is 24.5 Å². The zero-order valence-electron chi connectivity index (χ0n) is 11.4. The van der Waals surface area contributed by atoms with E-state index in [1.165, 1.54) is 9.18 Å². The van der Waals surface area contributed by atoms with Crippen LogP contribution in [-0.2, 0) is 23.0 Å². The van der Waals surface area contributed by atoms with Crippen molar-refractivity contribution in [3.8, 4) is 0 Å². The van der Waals surface area contributed by atoms with E-state index in [-0.39, 0.29) is 5.75 Å². The van der Waals surface area contributed by atoms with E-state index < -0.39 is 10.0 Å². The van der Waals surface area contributed by atoms with Gasteiger partial charge in [0.1, 0.15) is 0 Å². The van der Waals surface area contributed by atoms with Gasteiger partial charge in [0.05, 0.1) is 18.0 Å². The molecule has 0 spiro atoms. The van der Waals surface area contributed by atoms with Gasteiger partial charge in [-0.15, -0.1) is 11.3 Å². The van der Waals surface area contributed by atoms with Crippen molar-refractivity contribution in [2.24, 2.45) is 0 Å². The molecular weight excluding hydrogens is 292 g/mol. The van der Waals surface area contributed by atoms with E-state index in [1.807, 2.05) is 35.7 Å². The molecule has 0 aromatic carbocycles. The minimum Gasteiger partial charge on any atom is -0.260 e. The number of rotatable bonds is 7. The topological polar surface area (TPSA) is 50.3 Å². The van der Waals surface area contributed by atoms with Crippen LogP contribution in [0.5, 0.6) is 0 Å². The van der Waals surface area contributed by atoms with Gasteiger partial charge in [0.15, 0.2) is 0 Å². The molecule has 2 heterocycles. The first-order valence-corrected chi connectivity index (χ1v) is 9.01. The lowest BCUT2D eigenvalue weighted by atomic mass is 10.3. The van der Waals surface area contributed by atoms with Crippen LogP contribution in [0.3, 0.4) is 0 Å². The maximum Gasteiger partial charge on any atom is 0.214 e. The molecule has 0 unspecified atom stereocenters. The van der Waals surface area contributed by atoms with Crippen molar-refractivity contribution in [2.75, 3.05) is 12.3 Å². The first-order valence-electron chi connectivity index (χ1n) is 6.52. The highest BCUT2D eigenvalue weighted by Crippen LogP contribution is 2.13. The lowest BCUT2D eigenvalue weighted by Gasteiger charge is -2.20. The molecule has 4 nitrogen and oxygen atoms in total. The van der Waals surface area contributed by atoms with Gasteiger partial charge in [-0.1, -0.05) is 12.1 Å². The Labute approximate surface area is 124 Å². The van der Waals surface area contributed by atoms with Gasteiger partial charge in [0.25, 0.3) is 0 Å². The minimum absolute atomic E-state index is 0.115. The molecule has 0 aliphatic carbocycles. The Balaban J connectivity index is 2.09. The Morgan fingerprint density at radius 2 is 2.10 bits per heavy atom. The highest BCUT2D eigenvalue weighted by molar-refractivity contribution is 7.89. The fraction of sp³-hybridized carbons (Fsp3) is 0.357. The van der Waals surface area contributed by atoms with Gasteiger partial charge >= 0.3 is 0 Å². The number of nitrogens with zero attached hydrogens (tertiary/aromatic N) is 2. The number of sulfonamides is 1. The Bertz CT molecular complexity index is 610. The third kappa shape index (κ3) is 4.13. The van der Waals surface area contributed by atoms with Crippen LogP contribution >= 0.6 is 11.3 Å². The van der Waals surface area contributed by atoms with Crippen LogP contribution in [0.1, 0.15) is 17.5 Å². The van der Waals surface area contributed by atoms with Gasteiger partial charge in [-0.25, -0.2) is 8.42 Å². The lowest BCUT2D eigenvalue weighted by molar-refractivity contribution is 0.407. The van der Waals surface area contributed by atoms with Crippen molar-refractivity contribution in [3.05, 3.63) is 52.5 Å². The summed E-state index contributed by atoms with van der Waals surface area (Å²) in [5, 5.41) is 2.01. The van der Waals surface area contributed by atoms with Gasteiger partial charge < -0.3 is 0 Å². The molecule has 0 radical (unpaired) electrons. The van der Waals surface area contributed by atoms with E-state index in [0.717, 1.165) is 12.1 Å². The molecule has 2 aromatic rings. The smallest absolute Gasteiger partial charge is 0.214 e. The summed E-state index contributed by atoms with van der Waals surface area (Å²) in [6.45, 7) is 2.50. The average Bonchev–Trinajstić information content (AvgIpc) is 2.97. The zero-order valence-corrected chi connectivity index (χ0v) is 13.0. The Kier molecular flexibility index (Phi) is 5.28. The fourth-order valence-corrected chi connectivity index (χ4v) is 3.62. The third-order valence-corrected chi connectivity index (χ3v) is 5.77. The van der Waals surface area contributed by atoms with Crippen molar-refractivity contribution >= 4 is 21.4 Å². The summed E-state index contributed by atoms with van der Waals surface area (Å²) in [6, 6.07) is 9.56. The molecule has 0 aliphatic rings. The first kappa shape index (κ1) is 15.2. The number of thiophene rings is 1. The summed E-state index contributed by atoms with van der Waals surface area (Å²) in [5.41, 5.74) is 0.774. The van der Waals surface area contributed by atoms with Crippen molar-refractivity contribution in [1.29, 1.82) is 0 Å². The average molecular weight is 310 g/mol. The predicted molar refractivity (Wildman–Crippen MR) is 82.1 cm³/mol. The highest BCUT2D eigenvalue weighted by Gasteiger charge is 2.20. The summed E-state index contributed by atoms with van der Waals surface area (Å²) in [5.74, 6) is 0.115. The largest absolute Gasteiger partial charge is 0.260 e. The van der Waals surface area contributed by atoms with Crippen molar-refractivity contribution < 1.29 is 8.42 Å². The summed E-state index contributed by atoms with van der Waals surface area (Å²) in [7, 11) is -3.21. The normalized spacial score (nSPS) is 11.9. The molecule has 0 fully saturated rings. The second-order valence-corrected chi connectivity index (χ2v) is 7.67. The Morgan fingerprint density at radius 1 is 1.25 bits per heavy atom. The van der Waals surface area contributed by atoms with Crippen LogP contribution in [-0.4, -0.2) is 30.0 Å². The maximum absolute atomic E-state index is 12.2. The van der Waals surface area contributed by atoms with E-state index >= 15 is 0 Å². The van der Waals surface area contributed by atoms with Crippen molar-refractivity contribution in [1.82, 2.24) is 9.29 Å². The molecule has 0 amide bonds. The molecule has 20 heavy (non-hydrogen) atoms. The summed E-state index contributed by atoms with van der Waals surface area (Å²) < 4.78 is 25.9. The summed E-state index contributed by atoms with van der Waals surface area (Å²) in [4.78, 5) is 5.40.